The number of nitrogens with zero attached hydrogens (tertiary/aromatic N) is 2. The highest BCUT2D eigenvalue weighted by Gasteiger charge is 1.99. The third kappa shape index (κ3) is 3.86. The molecule has 0 saturated heterocycles. The summed E-state index contributed by atoms with van der Waals surface area (Å²) in [6.07, 6.45) is 4.11. The van der Waals surface area contributed by atoms with Crippen molar-refractivity contribution in [2.24, 2.45) is 0 Å². The smallest absolute Gasteiger partial charge is 0.120 e. The molecule has 0 radical (unpaired) electrons. The normalized spacial score (nSPS) is 10.6. The average molecular weight is 315 g/mol. The van der Waals surface area contributed by atoms with Crippen molar-refractivity contribution in [1.29, 1.82) is 0 Å². The minimum Gasteiger partial charge on any atom is -0.493 e. The zero-order chi connectivity index (χ0) is 15.2. The average Bonchev–Trinajstić information content (AvgIpc) is 2.56. The van der Waals surface area contributed by atoms with Gasteiger partial charge in [-0.15, -0.1) is 0 Å². The molecule has 0 amide bonds. The second kappa shape index (κ2) is 7.09. The van der Waals surface area contributed by atoms with Gasteiger partial charge in [-0.3, -0.25) is 0 Å². The Morgan fingerprint density at radius 1 is 0.909 bits per heavy atom. The molecule has 0 unspecified atom stereocenters. The Hall–Kier alpha value is -2.33. The maximum atomic E-state index is 5.82. The zero-order valence-electron chi connectivity index (χ0n) is 11.9. The topological polar surface area (TPSA) is 44.2 Å². The number of hydrogen-bond donors (Lipinski definition) is 0. The summed E-state index contributed by atoms with van der Waals surface area (Å²) in [5, 5.41) is 1.67. The first-order valence-corrected chi connectivity index (χ1v) is 7.40. The van der Waals surface area contributed by atoms with Gasteiger partial charge in [-0.05, 0) is 42.5 Å². The number of aromatic nitrogens is 2. The predicted octanol–water partition coefficient (Wildman–Crippen LogP) is 4.13. The maximum Gasteiger partial charge on any atom is 0.120 e. The van der Waals surface area contributed by atoms with Crippen LogP contribution in [-0.2, 0) is 0 Å². The van der Waals surface area contributed by atoms with Gasteiger partial charge < -0.3 is 9.47 Å². The van der Waals surface area contributed by atoms with Crippen molar-refractivity contribution < 1.29 is 9.47 Å². The lowest BCUT2D eigenvalue weighted by Crippen LogP contribution is -2.04. The van der Waals surface area contributed by atoms with Gasteiger partial charge in [-0.25, -0.2) is 9.97 Å². The largest absolute Gasteiger partial charge is 0.493 e. The van der Waals surface area contributed by atoms with E-state index < -0.39 is 0 Å². The predicted molar refractivity (Wildman–Crippen MR) is 86.6 cm³/mol. The lowest BCUT2D eigenvalue weighted by molar-refractivity contribution is 0.247. The summed E-state index contributed by atoms with van der Waals surface area (Å²) in [5.41, 5.74) is 0.911. The van der Waals surface area contributed by atoms with Crippen LogP contribution in [0.4, 0.5) is 0 Å². The van der Waals surface area contributed by atoms with Crippen LogP contribution in [0.5, 0.6) is 11.5 Å². The highest BCUT2D eigenvalue weighted by atomic mass is 35.5. The third-order valence-electron chi connectivity index (χ3n) is 3.12. The summed E-state index contributed by atoms with van der Waals surface area (Å²) >= 11 is 5.82. The molecule has 1 aromatic heterocycles. The number of rotatable bonds is 6. The van der Waals surface area contributed by atoms with E-state index in [0.717, 1.165) is 28.8 Å². The Morgan fingerprint density at radius 2 is 1.64 bits per heavy atom. The molecule has 3 rings (SSSR count). The van der Waals surface area contributed by atoms with Crippen molar-refractivity contribution in [2.45, 2.75) is 6.42 Å². The Labute approximate surface area is 133 Å². The Bertz CT molecular complexity index is 747. The number of fused-ring (bicyclic) bond motifs is 1. The van der Waals surface area contributed by atoms with E-state index in [-0.39, 0.29) is 0 Å². The van der Waals surface area contributed by atoms with E-state index in [2.05, 4.69) is 9.97 Å². The van der Waals surface area contributed by atoms with Gasteiger partial charge in [0.15, 0.2) is 0 Å². The molecule has 0 aliphatic carbocycles. The molecule has 0 bridgehead atoms. The van der Waals surface area contributed by atoms with E-state index in [0.29, 0.717) is 18.2 Å². The van der Waals surface area contributed by atoms with Gasteiger partial charge in [0.25, 0.3) is 0 Å². The van der Waals surface area contributed by atoms with Crippen molar-refractivity contribution >= 4 is 22.5 Å². The van der Waals surface area contributed by atoms with E-state index in [1.165, 1.54) is 6.33 Å². The Kier molecular flexibility index (Phi) is 4.71. The highest BCUT2D eigenvalue weighted by molar-refractivity contribution is 6.30. The molecule has 5 heteroatoms. The third-order valence-corrected chi connectivity index (χ3v) is 3.37. The molecular weight excluding hydrogens is 300 g/mol. The van der Waals surface area contributed by atoms with E-state index in [1.807, 2.05) is 42.5 Å². The van der Waals surface area contributed by atoms with E-state index in [4.69, 9.17) is 21.1 Å². The highest BCUT2D eigenvalue weighted by Crippen LogP contribution is 2.18. The van der Waals surface area contributed by atoms with Crippen molar-refractivity contribution in [3.8, 4) is 11.5 Å². The number of halogens is 1. The summed E-state index contributed by atoms with van der Waals surface area (Å²) < 4.78 is 11.3. The second-order valence-corrected chi connectivity index (χ2v) is 5.18. The van der Waals surface area contributed by atoms with Gasteiger partial charge in [0.1, 0.15) is 17.8 Å². The van der Waals surface area contributed by atoms with Crippen LogP contribution in [0.1, 0.15) is 6.42 Å². The van der Waals surface area contributed by atoms with Crippen LogP contribution in [0.2, 0.25) is 5.02 Å². The molecule has 22 heavy (non-hydrogen) atoms. The SMILES string of the molecule is Clc1ccc(OCCCOc2ccc3ncncc3c2)cc1. The standard InChI is InChI=1S/C17H15ClN2O2/c18-14-2-4-15(5-3-14)21-8-1-9-22-16-6-7-17-13(10-16)11-19-12-20-17/h2-7,10-12H,1,8-9H2. The molecule has 1 heterocycles. The van der Waals surface area contributed by atoms with Crippen molar-refractivity contribution in [2.75, 3.05) is 13.2 Å². The first kappa shape index (κ1) is 14.6. The van der Waals surface area contributed by atoms with Gasteiger partial charge in [-0.2, -0.15) is 0 Å². The van der Waals surface area contributed by atoms with E-state index in [9.17, 15) is 0 Å². The quantitative estimate of drug-likeness (QED) is 0.642. The van der Waals surface area contributed by atoms with Crippen molar-refractivity contribution in [3.05, 3.63) is 60.0 Å². The molecule has 0 fully saturated rings. The minimum atomic E-state index is 0.590. The summed E-state index contributed by atoms with van der Waals surface area (Å²) in [6, 6.07) is 13.1. The molecule has 112 valence electrons. The second-order valence-electron chi connectivity index (χ2n) is 4.75. The lowest BCUT2D eigenvalue weighted by atomic mass is 10.2. The zero-order valence-corrected chi connectivity index (χ0v) is 12.7. The first-order chi connectivity index (χ1) is 10.8. The van der Waals surface area contributed by atoms with Gasteiger partial charge in [0, 0.05) is 23.0 Å². The van der Waals surface area contributed by atoms with Crippen LogP contribution in [0, 0.1) is 0 Å². The summed E-state index contributed by atoms with van der Waals surface area (Å²) in [4.78, 5) is 8.18. The molecule has 0 N–H and O–H groups in total. The van der Waals surface area contributed by atoms with E-state index >= 15 is 0 Å². The van der Waals surface area contributed by atoms with Crippen molar-refractivity contribution in [3.63, 3.8) is 0 Å². The number of hydrogen-bond acceptors (Lipinski definition) is 4. The molecule has 0 atom stereocenters. The maximum absolute atomic E-state index is 5.82. The molecule has 4 nitrogen and oxygen atoms in total. The van der Waals surface area contributed by atoms with Gasteiger partial charge in [-0.1, -0.05) is 11.6 Å². The molecular formula is C17H15ClN2O2. The summed E-state index contributed by atoms with van der Waals surface area (Å²) in [5.74, 6) is 1.63. The van der Waals surface area contributed by atoms with Gasteiger partial charge in [0.05, 0.1) is 18.7 Å². The van der Waals surface area contributed by atoms with Crippen LogP contribution in [0.15, 0.2) is 55.0 Å². The lowest BCUT2D eigenvalue weighted by Gasteiger charge is -2.08. The number of ether oxygens (including phenoxy) is 2. The number of benzene rings is 2. The molecule has 2 aromatic carbocycles. The monoisotopic (exact) mass is 314 g/mol. The van der Waals surface area contributed by atoms with Crippen LogP contribution >= 0.6 is 11.6 Å². The van der Waals surface area contributed by atoms with Crippen LogP contribution in [0.25, 0.3) is 10.9 Å². The molecule has 3 aromatic rings. The fourth-order valence-corrected chi connectivity index (χ4v) is 2.15. The molecule has 0 saturated carbocycles. The Balaban J connectivity index is 1.45. The van der Waals surface area contributed by atoms with Crippen LogP contribution in [0.3, 0.4) is 0 Å². The molecule has 0 spiro atoms. The molecule has 0 aliphatic rings. The summed E-state index contributed by atoms with van der Waals surface area (Å²) in [6.45, 7) is 1.19. The summed E-state index contributed by atoms with van der Waals surface area (Å²) in [7, 11) is 0. The van der Waals surface area contributed by atoms with Gasteiger partial charge >= 0.3 is 0 Å². The first-order valence-electron chi connectivity index (χ1n) is 7.02. The van der Waals surface area contributed by atoms with Crippen LogP contribution in [-0.4, -0.2) is 23.2 Å². The van der Waals surface area contributed by atoms with Gasteiger partial charge in [0.2, 0.25) is 0 Å². The Morgan fingerprint density at radius 3 is 2.45 bits per heavy atom. The minimum absolute atomic E-state index is 0.590. The molecule has 0 aliphatic heterocycles. The fourth-order valence-electron chi connectivity index (χ4n) is 2.02. The fraction of sp³-hybridized carbons (Fsp3) is 0.176. The van der Waals surface area contributed by atoms with Crippen LogP contribution < -0.4 is 9.47 Å². The van der Waals surface area contributed by atoms with E-state index in [1.54, 1.807) is 6.20 Å². The van der Waals surface area contributed by atoms with Crippen molar-refractivity contribution in [1.82, 2.24) is 9.97 Å².